The van der Waals surface area contributed by atoms with Gasteiger partial charge in [0, 0.05) is 50.8 Å². The van der Waals surface area contributed by atoms with E-state index in [9.17, 15) is 4.79 Å². The highest BCUT2D eigenvalue weighted by molar-refractivity contribution is 5.91. The Morgan fingerprint density at radius 1 is 1.03 bits per heavy atom. The zero-order valence-corrected chi connectivity index (χ0v) is 18.8. The molecule has 2 amide bonds. The Hall–Kier alpha value is -3.20. The van der Waals surface area contributed by atoms with E-state index in [0.29, 0.717) is 38.1 Å². The summed E-state index contributed by atoms with van der Waals surface area (Å²) in [5.41, 5.74) is 2.11. The number of carbonyl (C=O) groups excluding carboxylic acids is 1. The number of piperazine rings is 1. The van der Waals surface area contributed by atoms with E-state index >= 15 is 0 Å². The van der Waals surface area contributed by atoms with E-state index in [1.54, 1.807) is 0 Å². The minimum atomic E-state index is -0.226. The molecule has 1 fully saturated rings. The zero-order valence-electron chi connectivity index (χ0n) is 18.8. The maximum Gasteiger partial charge on any atom is 0.320 e. The topological polar surface area (TPSA) is 88.2 Å². The number of aromatic nitrogens is 1. The number of rotatable bonds is 7. The van der Waals surface area contributed by atoms with Gasteiger partial charge in [-0.15, -0.1) is 0 Å². The molecule has 1 saturated heterocycles. The van der Waals surface area contributed by atoms with Crippen LogP contribution in [0.4, 0.5) is 16.3 Å². The SMILES string of the molecule is O=C1NCc2ccc(OCCCCN3CCN(c4cccc5c4OCCCO5)CC3)nc2N1. The Kier molecular flexibility index (Phi) is 6.66. The smallest absolute Gasteiger partial charge is 0.320 e. The Balaban J connectivity index is 1.03. The van der Waals surface area contributed by atoms with Crippen LogP contribution < -0.4 is 29.7 Å². The lowest BCUT2D eigenvalue weighted by Crippen LogP contribution is -2.46. The molecular formula is C24H31N5O4. The number of unbranched alkanes of at least 4 members (excludes halogenated alkanes) is 1. The zero-order chi connectivity index (χ0) is 22.5. The minimum absolute atomic E-state index is 0.226. The van der Waals surface area contributed by atoms with Crippen molar-refractivity contribution in [2.45, 2.75) is 25.8 Å². The average Bonchev–Trinajstić information content (AvgIpc) is 3.10. The first-order valence-corrected chi connectivity index (χ1v) is 11.8. The first-order valence-electron chi connectivity index (χ1n) is 11.8. The van der Waals surface area contributed by atoms with Gasteiger partial charge in [0.15, 0.2) is 11.5 Å². The summed E-state index contributed by atoms with van der Waals surface area (Å²) in [7, 11) is 0. The second-order valence-electron chi connectivity index (χ2n) is 8.50. The number of nitrogens with zero attached hydrogens (tertiary/aromatic N) is 3. The highest BCUT2D eigenvalue weighted by Gasteiger charge is 2.23. The summed E-state index contributed by atoms with van der Waals surface area (Å²) in [5.74, 6) is 2.89. The van der Waals surface area contributed by atoms with Crippen LogP contribution in [-0.2, 0) is 6.54 Å². The predicted molar refractivity (Wildman–Crippen MR) is 126 cm³/mol. The molecule has 4 heterocycles. The lowest BCUT2D eigenvalue weighted by molar-refractivity contribution is 0.235. The average molecular weight is 454 g/mol. The molecule has 0 saturated carbocycles. The first-order chi connectivity index (χ1) is 16.3. The number of ether oxygens (including phenoxy) is 3. The predicted octanol–water partition coefficient (Wildman–Crippen LogP) is 2.86. The Bertz CT molecular complexity index is 977. The van der Waals surface area contributed by atoms with Crippen LogP contribution in [0, 0.1) is 0 Å². The largest absolute Gasteiger partial charge is 0.489 e. The summed E-state index contributed by atoms with van der Waals surface area (Å²) >= 11 is 0. The molecule has 2 N–H and O–H groups in total. The molecule has 3 aliphatic heterocycles. The van der Waals surface area contributed by atoms with E-state index in [0.717, 1.165) is 74.7 Å². The summed E-state index contributed by atoms with van der Waals surface area (Å²) in [5, 5.41) is 5.44. The number of benzene rings is 1. The third-order valence-electron chi connectivity index (χ3n) is 6.21. The minimum Gasteiger partial charge on any atom is -0.489 e. The third-order valence-corrected chi connectivity index (χ3v) is 6.21. The molecule has 9 heteroatoms. The van der Waals surface area contributed by atoms with Crippen molar-refractivity contribution < 1.29 is 19.0 Å². The van der Waals surface area contributed by atoms with Crippen molar-refractivity contribution in [3.8, 4) is 17.4 Å². The number of nitrogens with one attached hydrogen (secondary N) is 2. The van der Waals surface area contributed by atoms with Crippen molar-refractivity contribution >= 4 is 17.5 Å². The molecule has 0 aliphatic carbocycles. The number of hydrogen-bond donors (Lipinski definition) is 2. The summed E-state index contributed by atoms with van der Waals surface area (Å²) in [6.45, 7) is 7.62. The molecule has 9 nitrogen and oxygen atoms in total. The van der Waals surface area contributed by atoms with E-state index in [4.69, 9.17) is 14.2 Å². The fourth-order valence-electron chi connectivity index (χ4n) is 4.38. The lowest BCUT2D eigenvalue weighted by atomic mass is 10.2. The van der Waals surface area contributed by atoms with Gasteiger partial charge in [-0.1, -0.05) is 6.07 Å². The van der Waals surface area contributed by atoms with Gasteiger partial charge >= 0.3 is 6.03 Å². The van der Waals surface area contributed by atoms with Crippen LogP contribution >= 0.6 is 0 Å². The highest BCUT2D eigenvalue weighted by Crippen LogP contribution is 2.39. The second-order valence-corrected chi connectivity index (χ2v) is 8.50. The quantitative estimate of drug-likeness (QED) is 0.624. The van der Waals surface area contributed by atoms with Gasteiger partial charge in [0.1, 0.15) is 5.82 Å². The molecule has 0 bridgehead atoms. The standard InChI is InChI=1S/C24H31N5O4/c30-24-25-17-18-7-8-21(26-23(18)27-24)32-14-2-1-9-28-10-12-29(13-11-28)19-5-3-6-20-22(19)33-16-4-15-31-20/h3,5-8H,1-2,4,9-17H2,(H2,25,26,27,30). The molecule has 5 rings (SSSR count). The Morgan fingerprint density at radius 3 is 2.82 bits per heavy atom. The number of amides is 2. The van der Waals surface area contributed by atoms with E-state index < -0.39 is 0 Å². The van der Waals surface area contributed by atoms with Gasteiger partial charge in [-0.25, -0.2) is 4.79 Å². The molecule has 0 atom stereocenters. The first kappa shape index (κ1) is 21.6. The van der Waals surface area contributed by atoms with Gasteiger partial charge in [0.2, 0.25) is 5.88 Å². The van der Waals surface area contributed by atoms with Crippen LogP contribution in [0.5, 0.6) is 17.4 Å². The van der Waals surface area contributed by atoms with E-state index in [-0.39, 0.29) is 6.03 Å². The molecule has 0 radical (unpaired) electrons. The molecule has 1 aromatic heterocycles. The fourth-order valence-corrected chi connectivity index (χ4v) is 4.38. The summed E-state index contributed by atoms with van der Waals surface area (Å²) in [6, 6.07) is 9.75. The Labute approximate surface area is 194 Å². The van der Waals surface area contributed by atoms with Gasteiger partial charge in [-0.2, -0.15) is 4.98 Å². The number of carbonyl (C=O) groups is 1. The molecule has 0 unspecified atom stereocenters. The third kappa shape index (κ3) is 5.24. The van der Waals surface area contributed by atoms with Gasteiger partial charge < -0.3 is 24.4 Å². The van der Waals surface area contributed by atoms with E-state index in [2.05, 4.69) is 37.6 Å². The van der Waals surface area contributed by atoms with Crippen molar-refractivity contribution in [3.05, 3.63) is 35.9 Å². The summed E-state index contributed by atoms with van der Waals surface area (Å²) in [4.78, 5) is 20.8. The Morgan fingerprint density at radius 2 is 1.91 bits per heavy atom. The number of urea groups is 1. The number of fused-ring (bicyclic) bond motifs is 2. The van der Waals surface area contributed by atoms with Crippen LogP contribution in [0.1, 0.15) is 24.8 Å². The van der Waals surface area contributed by atoms with Gasteiger partial charge in [0.25, 0.3) is 0 Å². The maximum atomic E-state index is 11.4. The number of anilines is 2. The van der Waals surface area contributed by atoms with Crippen LogP contribution in [0.3, 0.4) is 0 Å². The number of hydrogen-bond acceptors (Lipinski definition) is 7. The van der Waals surface area contributed by atoms with E-state index in [1.807, 2.05) is 18.2 Å². The lowest BCUT2D eigenvalue weighted by Gasteiger charge is -2.36. The van der Waals surface area contributed by atoms with Crippen LogP contribution in [0.2, 0.25) is 0 Å². The van der Waals surface area contributed by atoms with Crippen molar-refractivity contribution in [2.75, 3.05) is 62.8 Å². The van der Waals surface area contributed by atoms with E-state index in [1.165, 1.54) is 0 Å². The van der Waals surface area contributed by atoms with Gasteiger partial charge in [-0.3, -0.25) is 10.2 Å². The van der Waals surface area contributed by atoms with Crippen molar-refractivity contribution in [2.24, 2.45) is 0 Å². The van der Waals surface area contributed by atoms with Crippen LogP contribution in [-0.4, -0.2) is 68.5 Å². The number of pyridine rings is 1. The van der Waals surface area contributed by atoms with Crippen molar-refractivity contribution in [1.29, 1.82) is 0 Å². The van der Waals surface area contributed by atoms with Gasteiger partial charge in [-0.05, 0) is 37.6 Å². The molecule has 176 valence electrons. The summed E-state index contributed by atoms with van der Waals surface area (Å²) in [6.07, 6.45) is 2.95. The summed E-state index contributed by atoms with van der Waals surface area (Å²) < 4.78 is 17.6. The van der Waals surface area contributed by atoms with Crippen molar-refractivity contribution in [1.82, 2.24) is 15.2 Å². The van der Waals surface area contributed by atoms with Gasteiger partial charge in [0.05, 0.1) is 25.5 Å². The monoisotopic (exact) mass is 453 g/mol. The fraction of sp³-hybridized carbons (Fsp3) is 0.500. The second kappa shape index (κ2) is 10.2. The molecule has 1 aromatic carbocycles. The highest BCUT2D eigenvalue weighted by atomic mass is 16.5. The van der Waals surface area contributed by atoms with Crippen LogP contribution in [0.25, 0.3) is 0 Å². The molecule has 2 aromatic rings. The molecule has 3 aliphatic rings. The maximum absolute atomic E-state index is 11.4. The number of para-hydroxylation sites is 1. The molecular weight excluding hydrogens is 422 g/mol. The normalized spacial score (nSPS) is 18.1. The van der Waals surface area contributed by atoms with Crippen molar-refractivity contribution in [3.63, 3.8) is 0 Å². The molecule has 0 spiro atoms. The molecule has 33 heavy (non-hydrogen) atoms. The van der Waals surface area contributed by atoms with Crippen LogP contribution in [0.15, 0.2) is 30.3 Å².